The van der Waals surface area contributed by atoms with Gasteiger partial charge in [-0.05, 0) is 20.9 Å². The largest absolute Gasteiger partial charge is 0.378 e. The highest BCUT2D eigenvalue weighted by molar-refractivity contribution is 5.77. The van der Waals surface area contributed by atoms with Crippen molar-refractivity contribution in [3.63, 3.8) is 0 Å². The minimum atomic E-state index is 0.0332. The molecule has 2 N–H and O–H groups in total. The van der Waals surface area contributed by atoms with E-state index < -0.39 is 0 Å². The van der Waals surface area contributed by atoms with Crippen molar-refractivity contribution in [3.8, 4) is 0 Å². The summed E-state index contributed by atoms with van der Waals surface area (Å²) in [4.78, 5) is 13.6. The summed E-state index contributed by atoms with van der Waals surface area (Å²) in [5.74, 6) is 0.0332. The van der Waals surface area contributed by atoms with Crippen LogP contribution in [-0.2, 0) is 14.3 Å². The summed E-state index contributed by atoms with van der Waals surface area (Å²) in [6, 6.07) is 0.859. The third kappa shape index (κ3) is 14.0. The van der Waals surface area contributed by atoms with E-state index in [-0.39, 0.29) is 5.91 Å². The van der Waals surface area contributed by atoms with Crippen LogP contribution in [0.15, 0.2) is 0 Å². The molecule has 0 aliphatic carbocycles. The predicted molar refractivity (Wildman–Crippen MR) is 85.6 cm³/mol. The average molecular weight is 303 g/mol. The van der Waals surface area contributed by atoms with Crippen molar-refractivity contribution in [1.29, 1.82) is 0 Å². The molecular weight excluding hydrogens is 270 g/mol. The monoisotopic (exact) mass is 303 g/mol. The number of amides is 1. The number of carbonyl (C=O) groups is 1. The number of hydrogen-bond acceptors (Lipinski definition) is 5. The molecule has 0 fully saturated rings. The molecule has 21 heavy (non-hydrogen) atoms. The van der Waals surface area contributed by atoms with E-state index in [0.717, 1.165) is 6.54 Å². The van der Waals surface area contributed by atoms with E-state index in [0.29, 0.717) is 51.6 Å². The van der Waals surface area contributed by atoms with E-state index in [1.165, 1.54) is 0 Å². The number of nitrogens with one attached hydrogen (secondary N) is 2. The fourth-order valence-corrected chi connectivity index (χ4v) is 1.47. The Kier molecular flexibility index (Phi) is 12.6. The van der Waals surface area contributed by atoms with Gasteiger partial charge in [-0.25, -0.2) is 0 Å². The Balaban J connectivity index is 3.27. The topological polar surface area (TPSA) is 62.8 Å². The van der Waals surface area contributed by atoms with E-state index >= 15 is 0 Å². The first-order valence-electron chi connectivity index (χ1n) is 7.79. The number of likely N-dealkylation sites (N-methyl/N-ethyl adjacent to an activating group) is 1. The molecule has 0 saturated heterocycles. The molecule has 6 nitrogen and oxygen atoms in total. The van der Waals surface area contributed by atoms with Crippen molar-refractivity contribution >= 4 is 5.91 Å². The van der Waals surface area contributed by atoms with Crippen LogP contribution in [0, 0.1) is 0 Å². The van der Waals surface area contributed by atoms with Crippen LogP contribution in [0.5, 0.6) is 0 Å². The first kappa shape index (κ1) is 20.3. The molecule has 0 saturated carbocycles. The van der Waals surface area contributed by atoms with E-state index in [4.69, 9.17) is 9.47 Å². The summed E-state index contributed by atoms with van der Waals surface area (Å²) in [5, 5.41) is 6.11. The van der Waals surface area contributed by atoms with Crippen molar-refractivity contribution in [2.24, 2.45) is 0 Å². The number of ether oxygens (including phenoxy) is 2. The van der Waals surface area contributed by atoms with Gasteiger partial charge in [-0.15, -0.1) is 0 Å². The van der Waals surface area contributed by atoms with Crippen molar-refractivity contribution in [2.45, 2.75) is 39.8 Å². The molecule has 0 radical (unpaired) electrons. The average Bonchev–Trinajstić information content (AvgIpc) is 2.40. The van der Waals surface area contributed by atoms with Gasteiger partial charge in [-0.2, -0.15) is 0 Å². The van der Waals surface area contributed by atoms with Gasteiger partial charge in [0.2, 0.25) is 5.91 Å². The Labute approximate surface area is 129 Å². The summed E-state index contributed by atoms with van der Waals surface area (Å²) in [7, 11) is 1.94. The number of hydrogen-bond donors (Lipinski definition) is 2. The Bertz CT molecular complexity index is 261. The van der Waals surface area contributed by atoms with Crippen LogP contribution in [0.1, 0.15) is 27.7 Å². The van der Waals surface area contributed by atoms with Crippen LogP contribution < -0.4 is 10.6 Å². The molecule has 6 heteroatoms. The number of nitrogens with zero attached hydrogens (tertiary/aromatic N) is 1. The summed E-state index contributed by atoms with van der Waals surface area (Å²) in [6.07, 6.45) is 0. The van der Waals surface area contributed by atoms with Crippen LogP contribution in [-0.4, -0.2) is 76.0 Å². The van der Waals surface area contributed by atoms with Crippen LogP contribution in [0.2, 0.25) is 0 Å². The second kappa shape index (κ2) is 13.0. The standard InChI is InChI=1S/C15H33N3O3/c1-13(2)16-6-8-20-10-11-21-9-7-17-15(19)12-18(5)14(3)4/h13-14,16H,6-12H2,1-5H3,(H,17,19). The molecule has 0 atom stereocenters. The molecule has 0 unspecified atom stereocenters. The zero-order valence-electron chi connectivity index (χ0n) is 14.3. The Hall–Kier alpha value is -0.690. The van der Waals surface area contributed by atoms with E-state index in [1.807, 2.05) is 11.9 Å². The van der Waals surface area contributed by atoms with Gasteiger partial charge in [0.05, 0.1) is 33.0 Å². The molecule has 0 aromatic heterocycles. The minimum Gasteiger partial charge on any atom is -0.378 e. The molecule has 126 valence electrons. The molecule has 0 aliphatic heterocycles. The zero-order valence-corrected chi connectivity index (χ0v) is 14.3. The van der Waals surface area contributed by atoms with Crippen LogP contribution in [0.25, 0.3) is 0 Å². The van der Waals surface area contributed by atoms with Gasteiger partial charge in [-0.3, -0.25) is 9.69 Å². The van der Waals surface area contributed by atoms with Gasteiger partial charge in [0.1, 0.15) is 0 Å². The van der Waals surface area contributed by atoms with E-state index in [1.54, 1.807) is 0 Å². The summed E-state index contributed by atoms with van der Waals surface area (Å²) >= 11 is 0. The molecule has 0 heterocycles. The van der Waals surface area contributed by atoms with Gasteiger partial charge in [0.25, 0.3) is 0 Å². The number of rotatable bonds is 13. The van der Waals surface area contributed by atoms with Crippen LogP contribution in [0.3, 0.4) is 0 Å². The summed E-state index contributed by atoms with van der Waals surface area (Å²) < 4.78 is 10.8. The second-order valence-corrected chi connectivity index (χ2v) is 5.69. The first-order valence-corrected chi connectivity index (χ1v) is 7.79. The fourth-order valence-electron chi connectivity index (χ4n) is 1.47. The quantitative estimate of drug-likeness (QED) is 0.484. The smallest absolute Gasteiger partial charge is 0.234 e. The zero-order chi connectivity index (χ0) is 16.1. The minimum absolute atomic E-state index is 0.0332. The lowest BCUT2D eigenvalue weighted by molar-refractivity contribution is -0.122. The summed E-state index contributed by atoms with van der Waals surface area (Å²) in [6.45, 7) is 12.5. The highest BCUT2D eigenvalue weighted by Gasteiger charge is 2.08. The lowest BCUT2D eigenvalue weighted by Gasteiger charge is -2.20. The van der Waals surface area contributed by atoms with Crippen molar-refractivity contribution in [2.75, 3.05) is 53.1 Å². The highest BCUT2D eigenvalue weighted by atomic mass is 16.5. The Morgan fingerprint density at radius 1 is 1.00 bits per heavy atom. The molecule has 0 aromatic carbocycles. The number of carbonyl (C=O) groups excluding carboxylic acids is 1. The molecular formula is C15H33N3O3. The molecule has 0 spiro atoms. The van der Waals surface area contributed by atoms with E-state index in [2.05, 4.69) is 38.3 Å². The van der Waals surface area contributed by atoms with Gasteiger partial charge in [0.15, 0.2) is 0 Å². The molecule has 0 rings (SSSR count). The van der Waals surface area contributed by atoms with Crippen molar-refractivity contribution in [3.05, 3.63) is 0 Å². The van der Waals surface area contributed by atoms with Crippen LogP contribution in [0.4, 0.5) is 0 Å². The maximum atomic E-state index is 11.6. The van der Waals surface area contributed by atoms with Gasteiger partial charge in [0, 0.05) is 25.2 Å². The molecule has 0 aromatic rings. The molecule has 0 aliphatic rings. The third-order valence-electron chi connectivity index (χ3n) is 3.01. The Morgan fingerprint density at radius 2 is 1.57 bits per heavy atom. The first-order chi connectivity index (χ1) is 9.93. The van der Waals surface area contributed by atoms with Gasteiger partial charge >= 0.3 is 0 Å². The van der Waals surface area contributed by atoms with Crippen molar-refractivity contribution in [1.82, 2.24) is 15.5 Å². The maximum Gasteiger partial charge on any atom is 0.234 e. The second-order valence-electron chi connectivity index (χ2n) is 5.69. The lowest BCUT2D eigenvalue weighted by Crippen LogP contribution is -2.39. The molecule has 1 amide bonds. The predicted octanol–water partition coefficient (Wildman–Crippen LogP) is 0.474. The van der Waals surface area contributed by atoms with E-state index in [9.17, 15) is 4.79 Å². The SMILES string of the molecule is CC(C)NCCOCCOCCNC(=O)CN(C)C(C)C. The van der Waals surface area contributed by atoms with Crippen molar-refractivity contribution < 1.29 is 14.3 Å². The fraction of sp³-hybridized carbons (Fsp3) is 0.933. The van der Waals surface area contributed by atoms with Gasteiger partial charge in [-0.1, -0.05) is 13.8 Å². The normalized spacial score (nSPS) is 11.6. The highest BCUT2D eigenvalue weighted by Crippen LogP contribution is 1.91. The Morgan fingerprint density at radius 3 is 2.10 bits per heavy atom. The molecule has 0 bridgehead atoms. The van der Waals surface area contributed by atoms with Gasteiger partial charge < -0.3 is 20.1 Å². The maximum absolute atomic E-state index is 11.6. The summed E-state index contributed by atoms with van der Waals surface area (Å²) in [5.41, 5.74) is 0. The third-order valence-corrected chi connectivity index (χ3v) is 3.01. The lowest BCUT2D eigenvalue weighted by atomic mass is 10.3. The van der Waals surface area contributed by atoms with Crippen LogP contribution >= 0.6 is 0 Å².